The molecule has 0 saturated heterocycles. The molecular formula is C12H16BrNO2. The van der Waals surface area contributed by atoms with Crippen LogP contribution in [0.2, 0.25) is 0 Å². The lowest BCUT2D eigenvalue weighted by Gasteiger charge is -2.07. The first-order valence-electron chi connectivity index (χ1n) is 5.00. The van der Waals surface area contributed by atoms with Crippen LogP contribution >= 0.6 is 15.9 Å². The highest BCUT2D eigenvalue weighted by Crippen LogP contribution is 2.35. The molecule has 16 heavy (non-hydrogen) atoms. The summed E-state index contributed by atoms with van der Waals surface area (Å²) in [6.45, 7) is 2.06. The quantitative estimate of drug-likeness (QED) is 0.894. The van der Waals surface area contributed by atoms with Crippen LogP contribution in [0.3, 0.4) is 0 Å². The molecule has 1 aromatic carbocycles. The SMILES string of the molecule is CNC(C)/C=C/c1cc(Br)c(O)c(OC)c1. The van der Waals surface area contributed by atoms with E-state index in [2.05, 4.69) is 28.2 Å². The number of ether oxygens (including phenoxy) is 1. The number of hydrogen-bond donors (Lipinski definition) is 2. The van der Waals surface area contributed by atoms with Gasteiger partial charge in [-0.1, -0.05) is 12.2 Å². The van der Waals surface area contributed by atoms with Crippen molar-refractivity contribution in [3.63, 3.8) is 0 Å². The molecule has 0 amide bonds. The van der Waals surface area contributed by atoms with Crippen molar-refractivity contribution in [1.29, 1.82) is 0 Å². The number of phenols is 1. The Kier molecular flexibility index (Phi) is 4.83. The lowest BCUT2D eigenvalue weighted by molar-refractivity contribution is 0.372. The van der Waals surface area contributed by atoms with Crippen LogP contribution in [0, 0.1) is 0 Å². The molecule has 0 aliphatic rings. The van der Waals surface area contributed by atoms with Gasteiger partial charge in [0.05, 0.1) is 11.6 Å². The van der Waals surface area contributed by atoms with Crippen molar-refractivity contribution in [2.45, 2.75) is 13.0 Å². The van der Waals surface area contributed by atoms with E-state index >= 15 is 0 Å². The van der Waals surface area contributed by atoms with Crippen LogP contribution in [0.15, 0.2) is 22.7 Å². The summed E-state index contributed by atoms with van der Waals surface area (Å²) >= 11 is 3.28. The van der Waals surface area contributed by atoms with E-state index in [9.17, 15) is 5.11 Å². The summed E-state index contributed by atoms with van der Waals surface area (Å²) in [6, 6.07) is 3.94. The molecule has 0 aromatic heterocycles. The zero-order chi connectivity index (χ0) is 12.1. The summed E-state index contributed by atoms with van der Waals surface area (Å²) < 4.78 is 5.70. The van der Waals surface area contributed by atoms with Gasteiger partial charge in [0.25, 0.3) is 0 Å². The molecule has 0 aliphatic heterocycles. The molecule has 0 fully saturated rings. The van der Waals surface area contributed by atoms with Crippen molar-refractivity contribution in [2.24, 2.45) is 0 Å². The summed E-state index contributed by atoms with van der Waals surface area (Å²) in [7, 11) is 3.44. The normalized spacial score (nSPS) is 13.0. The number of rotatable bonds is 4. The molecule has 0 spiro atoms. The highest BCUT2D eigenvalue weighted by molar-refractivity contribution is 9.10. The van der Waals surface area contributed by atoms with Gasteiger partial charge < -0.3 is 15.2 Å². The van der Waals surface area contributed by atoms with E-state index < -0.39 is 0 Å². The fourth-order valence-electron chi connectivity index (χ4n) is 1.20. The van der Waals surface area contributed by atoms with E-state index in [1.807, 2.05) is 25.3 Å². The van der Waals surface area contributed by atoms with Gasteiger partial charge in [-0.15, -0.1) is 0 Å². The molecule has 1 unspecified atom stereocenters. The number of nitrogens with one attached hydrogen (secondary N) is 1. The van der Waals surface area contributed by atoms with Crippen LogP contribution in [0.5, 0.6) is 11.5 Å². The fourth-order valence-corrected chi connectivity index (χ4v) is 1.66. The Morgan fingerprint density at radius 3 is 2.75 bits per heavy atom. The zero-order valence-corrected chi connectivity index (χ0v) is 11.2. The Morgan fingerprint density at radius 2 is 2.19 bits per heavy atom. The first kappa shape index (κ1) is 13.1. The Morgan fingerprint density at radius 1 is 1.50 bits per heavy atom. The van der Waals surface area contributed by atoms with E-state index in [0.717, 1.165) is 5.56 Å². The smallest absolute Gasteiger partial charge is 0.172 e. The largest absolute Gasteiger partial charge is 0.503 e. The van der Waals surface area contributed by atoms with E-state index in [4.69, 9.17) is 4.74 Å². The summed E-state index contributed by atoms with van der Waals surface area (Å²) in [4.78, 5) is 0. The van der Waals surface area contributed by atoms with Gasteiger partial charge in [0.1, 0.15) is 0 Å². The van der Waals surface area contributed by atoms with E-state index in [0.29, 0.717) is 16.3 Å². The molecule has 0 aliphatic carbocycles. The molecule has 0 saturated carbocycles. The maximum atomic E-state index is 9.64. The summed E-state index contributed by atoms with van der Waals surface area (Å²) in [6.07, 6.45) is 4.02. The first-order chi connectivity index (χ1) is 7.58. The van der Waals surface area contributed by atoms with Gasteiger partial charge in [0.15, 0.2) is 11.5 Å². The van der Waals surface area contributed by atoms with Crippen LogP contribution in [0.25, 0.3) is 6.08 Å². The molecule has 88 valence electrons. The van der Waals surface area contributed by atoms with Crippen molar-refractivity contribution in [3.05, 3.63) is 28.2 Å². The zero-order valence-electron chi connectivity index (χ0n) is 9.62. The van der Waals surface area contributed by atoms with Crippen LogP contribution < -0.4 is 10.1 Å². The molecule has 0 bridgehead atoms. The highest BCUT2D eigenvalue weighted by atomic mass is 79.9. The number of benzene rings is 1. The van der Waals surface area contributed by atoms with Crippen molar-refractivity contribution in [1.82, 2.24) is 5.32 Å². The molecular weight excluding hydrogens is 270 g/mol. The topological polar surface area (TPSA) is 41.5 Å². The number of hydrogen-bond acceptors (Lipinski definition) is 3. The second-order valence-electron chi connectivity index (χ2n) is 3.49. The predicted molar refractivity (Wildman–Crippen MR) is 69.9 cm³/mol. The lowest BCUT2D eigenvalue weighted by atomic mass is 10.1. The van der Waals surface area contributed by atoms with Gasteiger partial charge in [-0.25, -0.2) is 0 Å². The van der Waals surface area contributed by atoms with E-state index in [1.54, 1.807) is 6.07 Å². The molecule has 2 N–H and O–H groups in total. The Hall–Kier alpha value is -1.00. The molecule has 4 heteroatoms. The van der Waals surface area contributed by atoms with E-state index in [-0.39, 0.29) is 5.75 Å². The van der Waals surface area contributed by atoms with Gasteiger partial charge in [-0.3, -0.25) is 0 Å². The standard InChI is InChI=1S/C12H16BrNO2/c1-8(14-2)4-5-9-6-10(13)12(15)11(7-9)16-3/h4-8,14-15H,1-3H3/b5-4+. The first-order valence-corrected chi connectivity index (χ1v) is 5.79. The summed E-state index contributed by atoms with van der Waals surface area (Å²) in [5.41, 5.74) is 0.976. The maximum absolute atomic E-state index is 9.64. The average Bonchev–Trinajstić information content (AvgIpc) is 2.29. The molecule has 1 aromatic rings. The third kappa shape index (κ3) is 3.25. The van der Waals surface area contributed by atoms with Crippen molar-refractivity contribution >= 4 is 22.0 Å². The number of halogens is 1. The highest BCUT2D eigenvalue weighted by Gasteiger charge is 2.06. The van der Waals surface area contributed by atoms with E-state index in [1.165, 1.54) is 7.11 Å². The Balaban J connectivity index is 2.98. The minimum absolute atomic E-state index is 0.126. The summed E-state index contributed by atoms with van der Waals surface area (Å²) in [5, 5.41) is 12.7. The van der Waals surface area contributed by atoms with Crippen LogP contribution in [0.1, 0.15) is 12.5 Å². The van der Waals surface area contributed by atoms with Crippen LogP contribution in [-0.2, 0) is 0 Å². The minimum atomic E-state index is 0.126. The van der Waals surface area contributed by atoms with Crippen molar-refractivity contribution < 1.29 is 9.84 Å². The van der Waals surface area contributed by atoms with Gasteiger partial charge in [-0.2, -0.15) is 0 Å². The molecule has 1 rings (SSSR count). The van der Waals surface area contributed by atoms with Gasteiger partial charge in [0, 0.05) is 6.04 Å². The Bertz CT molecular complexity index is 391. The number of methoxy groups -OCH3 is 1. The third-order valence-corrected chi connectivity index (χ3v) is 2.91. The number of phenolic OH excluding ortho intramolecular Hbond substituents is 1. The van der Waals surface area contributed by atoms with Gasteiger partial charge in [0.2, 0.25) is 0 Å². The fraction of sp³-hybridized carbons (Fsp3) is 0.333. The predicted octanol–water partition coefficient (Wildman–Crippen LogP) is 2.78. The third-order valence-electron chi connectivity index (χ3n) is 2.30. The van der Waals surface area contributed by atoms with Crippen LogP contribution in [0.4, 0.5) is 0 Å². The van der Waals surface area contributed by atoms with Crippen molar-refractivity contribution in [2.75, 3.05) is 14.2 Å². The Labute approximate surface area is 104 Å². The second kappa shape index (κ2) is 5.92. The molecule has 0 radical (unpaired) electrons. The van der Waals surface area contributed by atoms with Crippen molar-refractivity contribution in [3.8, 4) is 11.5 Å². The second-order valence-corrected chi connectivity index (χ2v) is 4.34. The van der Waals surface area contributed by atoms with Gasteiger partial charge in [-0.05, 0) is 47.6 Å². The molecule has 0 heterocycles. The lowest BCUT2D eigenvalue weighted by Crippen LogP contribution is -2.17. The summed E-state index contributed by atoms with van der Waals surface area (Å²) in [5.74, 6) is 0.590. The minimum Gasteiger partial charge on any atom is -0.503 e. The monoisotopic (exact) mass is 285 g/mol. The molecule has 1 atom stereocenters. The van der Waals surface area contributed by atoms with Gasteiger partial charge >= 0.3 is 0 Å². The average molecular weight is 286 g/mol. The maximum Gasteiger partial charge on any atom is 0.172 e. The number of likely N-dealkylation sites (N-methyl/N-ethyl adjacent to an activating group) is 1. The molecule has 3 nitrogen and oxygen atoms in total. The number of aromatic hydroxyl groups is 1. The van der Waals surface area contributed by atoms with Crippen LogP contribution in [-0.4, -0.2) is 25.3 Å².